The molecule has 2 aliphatic carbocycles. The summed E-state index contributed by atoms with van der Waals surface area (Å²) in [4.78, 5) is 2.48. The van der Waals surface area contributed by atoms with E-state index in [1.54, 1.807) is 14.2 Å². The van der Waals surface area contributed by atoms with Crippen LogP contribution in [0.25, 0.3) is 0 Å². The fourth-order valence-corrected chi connectivity index (χ4v) is 5.56. The Bertz CT molecular complexity index is 811. The zero-order valence-electron chi connectivity index (χ0n) is 14.7. The van der Waals surface area contributed by atoms with Crippen molar-refractivity contribution in [3.63, 3.8) is 0 Å². The highest BCUT2D eigenvalue weighted by molar-refractivity contribution is 5.69. The summed E-state index contributed by atoms with van der Waals surface area (Å²) >= 11 is 0. The Hall–Kier alpha value is -1.94. The van der Waals surface area contributed by atoms with E-state index in [1.165, 1.54) is 16.7 Å². The van der Waals surface area contributed by atoms with Crippen LogP contribution in [-0.2, 0) is 16.6 Å². The molecular weight excluding hydrogens is 302 g/mol. The molecule has 4 nitrogen and oxygen atoms in total. The molecule has 0 radical (unpaired) electrons. The minimum Gasteiger partial charge on any atom is -0.497 e. The van der Waals surface area contributed by atoms with Crippen LogP contribution in [-0.4, -0.2) is 44.4 Å². The van der Waals surface area contributed by atoms with Gasteiger partial charge in [-0.3, -0.25) is 4.90 Å². The summed E-state index contributed by atoms with van der Waals surface area (Å²) in [5, 5.41) is 0. The molecule has 3 atom stereocenters. The number of likely N-dealkylation sites (tertiary alicyclic amines) is 1. The number of nitrogens with zero attached hydrogens (tertiary/aromatic N) is 1. The van der Waals surface area contributed by atoms with E-state index in [4.69, 9.17) is 14.2 Å². The zero-order chi connectivity index (χ0) is 16.7. The number of allylic oxidation sites excluding steroid dienone is 2. The van der Waals surface area contributed by atoms with Gasteiger partial charge in [0.1, 0.15) is 5.76 Å². The van der Waals surface area contributed by atoms with Crippen LogP contribution in [0.2, 0.25) is 0 Å². The number of piperidine rings is 1. The van der Waals surface area contributed by atoms with Gasteiger partial charge in [-0.25, -0.2) is 0 Å². The third kappa shape index (κ3) is 1.33. The number of hydrogen-bond donors (Lipinski definition) is 0. The Balaban J connectivity index is 1.89. The Labute approximate surface area is 142 Å². The third-order valence-electron chi connectivity index (χ3n) is 6.72. The highest BCUT2D eigenvalue weighted by Gasteiger charge is 2.68. The highest BCUT2D eigenvalue weighted by Crippen LogP contribution is 2.66. The van der Waals surface area contributed by atoms with Gasteiger partial charge in [0.05, 0.1) is 19.6 Å². The van der Waals surface area contributed by atoms with Crippen LogP contribution < -0.4 is 9.47 Å². The molecule has 0 unspecified atom stereocenters. The molecule has 0 aromatic heterocycles. The summed E-state index contributed by atoms with van der Waals surface area (Å²) in [5.41, 5.74) is 3.56. The van der Waals surface area contributed by atoms with Crippen LogP contribution in [0.3, 0.4) is 0 Å². The monoisotopic (exact) mass is 325 g/mol. The molecular formula is C20H23NO3. The van der Waals surface area contributed by atoms with E-state index in [0.29, 0.717) is 6.04 Å². The Kier molecular flexibility index (Phi) is 2.62. The van der Waals surface area contributed by atoms with Crippen molar-refractivity contribution in [2.45, 2.75) is 36.8 Å². The smallest absolute Gasteiger partial charge is 0.176 e. The van der Waals surface area contributed by atoms with Crippen molar-refractivity contribution < 1.29 is 14.2 Å². The zero-order valence-corrected chi connectivity index (χ0v) is 14.7. The van der Waals surface area contributed by atoms with Crippen LogP contribution in [0.5, 0.6) is 11.5 Å². The predicted molar refractivity (Wildman–Crippen MR) is 91.6 cm³/mol. The first-order valence-corrected chi connectivity index (χ1v) is 8.63. The lowest BCUT2D eigenvalue weighted by atomic mass is 9.53. The third-order valence-corrected chi connectivity index (χ3v) is 6.72. The summed E-state index contributed by atoms with van der Waals surface area (Å²) in [6.07, 6.45) is 6.45. The van der Waals surface area contributed by atoms with Gasteiger partial charge in [0.15, 0.2) is 17.1 Å². The molecule has 2 aliphatic heterocycles. The largest absolute Gasteiger partial charge is 0.497 e. The molecule has 1 aromatic carbocycles. The summed E-state index contributed by atoms with van der Waals surface area (Å²) in [6.45, 7) is 3.25. The second-order valence-corrected chi connectivity index (χ2v) is 7.48. The Morgan fingerprint density at radius 2 is 2.04 bits per heavy atom. The molecule has 5 rings (SSSR count). The molecule has 0 N–H and O–H groups in total. The van der Waals surface area contributed by atoms with Crippen molar-refractivity contribution in [2.24, 2.45) is 0 Å². The number of benzene rings is 1. The van der Waals surface area contributed by atoms with Crippen molar-refractivity contribution >= 4 is 0 Å². The highest BCUT2D eigenvalue weighted by atomic mass is 16.6. The standard InChI is InChI=1S/C20H23NO3/c1-19-16(23-4)8-6-13-14-11-12-5-7-15(22-3)18(24-19)17(12)20(13,19)9-10-21(14)2/h5-8,14H,9-11H2,1-4H3/t14-,19+,20+/m1/s1. The number of likely N-dealkylation sites (N-methyl/N-ethyl adjacent to an activating group) is 1. The van der Waals surface area contributed by atoms with Gasteiger partial charge >= 0.3 is 0 Å². The lowest BCUT2D eigenvalue weighted by Gasteiger charge is -2.56. The van der Waals surface area contributed by atoms with E-state index in [-0.39, 0.29) is 5.41 Å². The molecule has 0 saturated carbocycles. The van der Waals surface area contributed by atoms with E-state index < -0.39 is 5.60 Å². The van der Waals surface area contributed by atoms with Crippen LogP contribution in [0.4, 0.5) is 0 Å². The number of ether oxygens (including phenoxy) is 3. The molecule has 1 saturated heterocycles. The van der Waals surface area contributed by atoms with E-state index in [9.17, 15) is 0 Å². The van der Waals surface area contributed by atoms with E-state index in [2.05, 4.69) is 37.1 Å². The number of methoxy groups -OCH3 is 2. The lowest BCUT2D eigenvalue weighted by molar-refractivity contribution is 0.0000954. The Morgan fingerprint density at radius 1 is 1.21 bits per heavy atom. The van der Waals surface area contributed by atoms with Gasteiger partial charge in [0.25, 0.3) is 0 Å². The van der Waals surface area contributed by atoms with Gasteiger partial charge in [-0.1, -0.05) is 12.1 Å². The molecule has 1 aromatic rings. The van der Waals surface area contributed by atoms with Gasteiger partial charge < -0.3 is 14.2 Å². The molecule has 1 fully saturated rings. The van der Waals surface area contributed by atoms with Crippen LogP contribution in [0.1, 0.15) is 24.5 Å². The molecule has 0 amide bonds. The Morgan fingerprint density at radius 3 is 2.79 bits per heavy atom. The van der Waals surface area contributed by atoms with Gasteiger partial charge in [-0.15, -0.1) is 0 Å². The maximum absolute atomic E-state index is 6.65. The maximum Gasteiger partial charge on any atom is 0.176 e. The predicted octanol–water partition coefficient (Wildman–Crippen LogP) is 2.81. The molecule has 4 aliphatic rings. The van der Waals surface area contributed by atoms with E-state index in [0.717, 1.165) is 36.6 Å². The minimum absolute atomic E-state index is 0.137. The number of rotatable bonds is 2. The van der Waals surface area contributed by atoms with Crippen molar-refractivity contribution in [2.75, 3.05) is 27.8 Å². The summed E-state index contributed by atoms with van der Waals surface area (Å²) < 4.78 is 18.1. The fraction of sp³-hybridized carbons (Fsp3) is 0.500. The maximum atomic E-state index is 6.65. The minimum atomic E-state index is -0.502. The fourth-order valence-electron chi connectivity index (χ4n) is 5.56. The molecule has 2 bridgehead atoms. The second-order valence-electron chi connectivity index (χ2n) is 7.48. The van der Waals surface area contributed by atoms with Gasteiger partial charge in [-0.2, -0.15) is 0 Å². The SMILES string of the molecule is COC1=CC=C2[C@H]3Cc4ccc(OC)c5c4[C@@]2(CCN3C)[C@@]1(C)O5. The quantitative estimate of drug-likeness (QED) is 0.837. The average Bonchev–Trinajstić information content (AvgIpc) is 2.86. The molecule has 4 heteroatoms. The first-order valence-electron chi connectivity index (χ1n) is 8.63. The van der Waals surface area contributed by atoms with Crippen molar-refractivity contribution in [3.8, 4) is 11.5 Å². The van der Waals surface area contributed by atoms with Crippen LogP contribution in [0, 0.1) is 0 Å². The van der Waals surface area contributed by atoms with Gasteiger partial charge in [-0.05, 0) is 56.6 Å². The van der Waals surface area contributed by atoms with Crippen molar-refractivity contribution in [1.82, 2.24) is 4.90 Å². The topological polar surface area (TPSA) is 30.9 Å². The van der Waals surface area contributed by atoms with E-state index in [1.807, 2.05) is 6.07 Å². The van der Waals surface area contributed by atoms with Crippen molar-refractivity contribution in [3.05, 3.63) is 46.7 Å². The average molecular weight is 325 g/mol. The lowest BCUT2D eigenvalue weighted by Crippen LogP contribution is -2.63. The second kappa shape index (κ2) is 4.37. The van der Waals surface area contributed by atoms with Crippen molar-refractivity contribution in [1.29, 1.82) is 0 Å². The summed E-state index contributed by atoms with van der Waals surface area (Å²) in [7, 11) is 5.69. The molecule has 1 spiro atoms. The molecule has 2 heterocycles. The normalized spacial score (nSPS) is 35.6. The van der Waals surface area contributed by atoms with Crippen LogP contribution in [0.15, 0.2) is 35.6 Å². The summed E-state index contributed by atoms with van der Waals surface area (Å²) in [5.74, 6) is 2.64. The first kappa shape index (κ1) is 14.4. The first-order chi connectivity index (χ1) is 11.6. The van der Waals surface area contributed by atoms with E-state index >= 15 is 0 Å². The number of hydrogen-bond acceptors (Lipinski definition) is 4. The molecule has 24 heavy (non-hydrogen) atoms. The molecule has 126 valence electrons. The summed E-state index contributed by atoms with van der Waals surface area (Å²) in [6, 6.07) is 4.71. The van der Waals surface area contributed by atoms with Gasteiger partial charge in [0.2, 0.25) is 0 Å². The van der Waals surface area contributed by atoms with Gasteiger partial charge in [0, 0.05) is 11.6 Å². The van der Waals surface area contributed by atoms with Crippen LogP contribution >= 0.6 is 0 Å².